The first kappa shape index (κ1) is 43.0. The average Bonchev–Trinajstić information content (AvgIpc) is 3.80. The maximum atomic E-state index is 13.9. The Morgan fingerprint density at radius 2 is 1.70 bits per heavy atom. The van der Waals surface area contributed by atoms with Crippen molar-refractivity contribution in [2.24, 2.45) is 17.3 Å². The van der Waals surface area contributed by atoms with Gasteiger partial charge in [-0.25, -0.2) is 9.78 Å². The van der Waals surface area contributed by atoms with Crippen LogP contribution in [0.15, 0.2) is 48.5 Å². The molecule has 0 bridgehead atoms. The van der Waals surface area contributed by atoms with Crippen LogP contribution in [-0.4, -0.2) is 124 Å². The zero-order chi connectivity index (χ0) is 43.3. The van der Waals surface area contributed by atoms with Gasteiger partial charge in [-0.15, -0.1) is 13.2 Å². The molecule has 4 aromatic rings. The fourth-order valence-electron chi connectivity index (χ4n) is 9.06. The molecule has 324 valence electrons. The van der Waals surface area contributed by atoms with E-state index in [0.717, 1.165) is 42.2 Å². The predicted octanol–water partition coefficient (Wildman–Crippen LogP) is 7.51. The quantitative estimate of drug-likeness (QED) is 0.135. The number of alkyl halides is 3. The number of nitrogens with one attached hydrogen (secondary N) is 3. The number of anilines is 1. The molecule has 4 N–H and O–H groups in total. The summed E-state index contributed by atoms with van der Waals surface area (Å²) in [6.45, 7) is 15.7. The Morgan fingerprint density at radius 3 is 2.37 bits per heavy atom. The maximum absolute atomic E-state index is 13.9. The minimum absolute atomic E-state index is 0.157. The van der Waals surface area contributed by atoms with Crippen LogP contribution < -0.4 is 15.4 Å². The highest BCUT2D eigenvalue weighted by atomic mass is 19.4. The van der Waals surface area contributed by atoms with Crippen LogP contribution >= 0.6 is 0 Å². The molecular weight excluding hydrogens is 778 g/mol. The van der Waals surface area contributed by atoms with Gasteiger partial charge in [0.05, 0.1) is 23.2 Å². The summed E-state index contributed by atoms with van der Waals surface area (Å²) in [5.74, 6) is 0.0385. The number of piperazine rings is 1. The summed E-state index contributed by atoms with van der Waals surface area (Å²) in [6.07, 6.45) is -3.94. The van der Waals surface area contributed by atoms with Crippen molar-refractivity contribution in [1.82, 2.24) is 34.9 Å². The molecule has 0 aliphatic carbocycles. The minimum Gasteiger partial charge on any atom is -0.465 e. The molecule has 1 aromatic heterocycles. The van der Waals surface area contributed by atoms with E-state index in [1.165, 1.54) is 6.07 Å². The number of likely N-dealkylation sites (N-methyl/N-ethyl adjacent to an activating group) is 1. The second kappa shape index (κ2) is 16.8. The Morgan fingerprint density at radius 1 is 0.967 bits per heavy atom. The van der Waals surface area contributed by atoms with Crippen LogP contribution in [0.2, 0.25) is 0 Å². The largest absolute Gasteiger partial charge is 0.573 e. The van der Waals surface area contributed by atoms with Gasteiger partial charge >= 0.3 is 12.5 Å². The number of nitrogens with zero attached hydrogens (tertiary/aromatic N) is 5. The molecule has 13 nitrogen and oxygen atoms in total. The molecule has 4 atom stereocenters. The van der Waals surface area contributed by atoms with Crippen LogP contribution in [0.25, 0.3) is 32.9 Å². The first-order valence-corrected chi connectivity index (χ1v) is 20.9. The predicted molar refractivity (Wildman–Crippen MR) is 224 cm³/mol. The van der Waals surface area contributed by atoms with Crippen LogP contribution in [0.5, 0.6) is 5.75 Å². The number of benzene rings is 3. The molecule has 3 amide bonds. The van der Waals surface area contributed by atoms with Gasteiger partial charge in [0.15, 0.2) is 0 Å². The number of hydrogen-bond donors (Lipinski definition) is 4. The smallest absolute Gasteiger partial charge is 0.465 e. The van der Waals surface area contributed by atoms with Gasteiger partial charge in [-0.2, -0.15) is 0 Å². The molecule has 16 heteroatoms. The SMILES string of the molecule is CC(C)C(NC(=O)O)C(=O)N1C[C@@H](C)C[C@H]1c1nc2c(ccc3cc(-c4ccc(N[C@@H]5CN(C6CCN(C(=O)C(C)(C)C)CC6)CCN5C)cc4OC(F)(F)F)ccc32)[nH]1. The van der Waals surface area contributed by atoms with Gasteiger partial charge in [-0.3, -0.25) is 19.4 Å². The van der Waals surface area contributed by atoms with Gasteiger partial charge in [0.2, 0.25) is 11.8 Å². The number of aromatic nitrogens is 2. The van der Waals surface area contributed by atoms with Crippen molar-refractivity contribution in [1.29, 1.82) is 0 Å². The molecule has 3 aliphatic rings. The van der Waals surface area contributed by atoms with Gasteiger partial charge < -0.3 is 35.3 Å². The number of piperidine rings is 1. The Hall–Kier alpha value is -5.09. The number of hydrogen-bond acceptors (Lipinski definition) is 8. The molecule has 0 saturated carbocycles. The number of ether oxygens (including phenoxy) is 1. The zero-order valence-electron chi connectivity index (χ0n) is 35.4. The molecule has 3 aliphatic heterocycles. The van der Waals surface area contributed by atoms with Gasteiger partial charge in [0.1, 0.15) is 17.6 Å². The Labute approximate surface area is 348 Å². The monoisotopic (exact) mass is 834 g/mol. The average molecular weight is 835 g/mol. The van der Waals surface area contributed by atoms with E-state index in [1.807, 2.05) is 63.9 Å². The van der Waals surface area contributed by atoms with Crippen molar-refractivity contribution >= 4 is 45.4 Å². The second-order valence-corrected chi connectivity index (χ2v) is 18.2. The topological polar surface area (TPSA) is 146 Å². The van der Waals surface area contributed by atoms with Gasteiger partial charge in [0.25, 0.3) is 0 Å². The van der Waals surface area contributed by atoms with Gasteiger partial charge in [-0.1, -0.05) is 59.7 Å². The lowest BCUT2D eigenvalue weighted by molar-refractivity contribution is -0.274. The number of rotatable bonds is 9. The van der Waals surface area contributed by atoms with Crippen LogP contribution in [-0.2, 0) is 9.59 Å². The number of carboxylic acid groups (broad SMARTS) is 1. The molecule has 3 fully saturated rings. The second-order valence-electron chi connectivity index (χ2n) is 18.2. The van der Waals surface area contributed by atoms with Crippen molar-refractivity contribution in [3.8, 4) is 16.9 Å². The standard InChI is InChI=1S/C44H57F3N8O5/c1-25(2)37(51-42(58)59)40(56)55-23-26(3)20-34(55)39-49-33-13-9-28-21-27(8-11-32(28)38(33)50-39)31-12-10-29(22-35(31)60-44(45,46)47)48-36-24-54(19-18-52(36)7)30-14-16-53(17-15-30)41(57)43(4,5)6/h8-13,21-22,25-26,30,34,36-37,48,51H,14-20,23-24H2,1-7H3,(H,49,50)(H,58,59)/t26-,34-,36-,37?/m0/s1. The fraction of sp³-hybridized carbons (Fsp3) is 0.545. The van der Waals surface area contributed by atoms with E-state index in [0.29, 0.717) is 61.2 Å². The van der Waals surface area contributed by atoms with Crippen molar-refractivity contribution in [2.75, 3.05) is 51.6 Å². The van der Waals surface area contributed by atoms with E-state index in [-0.39, 0.29) is 47.2 Å². The van der Waals surface area contributed by atoms with Crippen molar-refractivity contribution in [3.63, 3.8) is 0 Å². The molecule has 3 aromatic carbocycles. The highest BCUT2D eigenvalue weighted by molar-refractivity contribution is 6.05. The number of carbonyl (C=O) groups excluding carboxylic acids is 2. The summed E-state index contributed by atoms with van der Waals surface area (Å²) in [4.78, 5) is 54.6. The number of aromatic amines is 1. The van der Waals surface area contributed by atoms with Gasteiger partial charge in [-0.05, 0) is 73.4 Å². The van der Waals surface area contributed by atoms with E-state index in [1.54, 1.807) is 36.9 Å². The molecule has 60 heavy (non-hydrogen) atoms. The van der Waals surface area contributed by atoms with Crippen LogP contribution in [0.1, 0.15) is 72.7 Å². The normalized spacial score (nSPS) is 21.8. The van der Waals surface area contributed by atoms with Crippen molar-refractivity contribution < 1.29 is 37.4 Å². The minimum atomic E-state index is -4.92. The number of carbonyl (C=O) groups is 3. The molecule has 0 radical (unpaired) electrons. The van der Waals surface area contributed by atoms with E-state index < -0.39 is 23.9 Å². The third-order valence-corrected chi connectivity index (χ3v) is 12.2. The molecule has 4 heterocycles. The maximum Gasteiger partial charge on any atom is 0.573 e. The third kappa shape index (κ3) is 9.29. The summed E-state index contributed by atoms with van der Waals surface area (Å²) in [7, 11) is 2.00. The van der Waals surface area contributed by atoms with E-state index in [4.69, 9.17) is 4.98 Å². The number of H-pyrrole nitrogens is 1. The lowest BCUT2D eigenvalue weighted by Gasteiger charge is -2.46. The first-order valence-electron chi connectivity index (χ1n) is 20.9. The lowest BCUT2D eigenvalue weighted by Crippen LogP contribution is -2.59. The van der Waals surface area contributed by atoms with E-state index in [2.05, 4.69) is 30.2 Å². The number of halogens is 3. The molecule has 1 unspecified atom stereocenters. The highest BCUT2D eigenvalue weighted by Gasteiger charge is 2.41. The van der Waals surface area contributed by atoms with Gasteiger partial charge in [0, 0.05) is 73.4 Å². The van der Waals surface area contributed by atoms with E-state index in [9.17, 15) is 32.7 Å². The summed E-state index contributed by atoms with van der Waals surface area (Å²) in [5.41, 5.74) is 2.30. The molecule has 7 rings (SSSR count). The fourth-order valence-corrected chi connectivity index (χ4v) is 9.06. The summed E-state index contributed by atoms with van der Waals surface area (Å²) in [5, 5.41) is 16.8. The Kier molecular flexibility index (Phi) is 12.0. The molecule has 3 saturated heterocycles. The summed E-state index contributed by atoms with van der Waals surface area (Å²) >= 11 is 0. The lowest BCUT2D eigenvalue weighted by atomic mass is 9.92. The molecular formula is C44H57F3N8O5. The zero-order valence-corrected chi connectivity index (χ0v) is 35.4. The Bertz CT molecular complexity index is 2230. The highest BCUT2D eigenvalue weighted by Crippen LogP contribution is 2.40. The number of amides is 3. The summed E-state index contributed by atoms with van der Waals surface area (Å²) in [6, 6.07) is 13.0. The number of likely N-dealkylation sites (tertiary alicyclic amines) is 2. The van der Waals surface area contributed by atoms with Crippen molar-refractivity contribution in [3.05, 3.63) is 54.4 Å². The first-order chi connectivity index (χ1) is 28.3. The van der Waals surface area contributed by atoms with E-state index >= 15 is 0 Å². The number of imidazole rings is 1. The Balaban J connectivity index is 1.11. The molecule has 0 spiro atoms. The van der Waals surface area contributed by atoms with Crippen molar-refractivity contribution in [2.45, 2.75) is 91.5 Å². The van der Waals surface area contributed by atoms with Crippen LogP contribution in [0.3, 0.4) is 0 Å². The van der Waals surface area contributed by atoms with Crippen LogP contribution in [0, 0.1) is 17.3 Å². The van der Waals surface area contributed by atoms with Crippen LogP contribution in [0.4, 0.5) is 23.7 Å². The number of fused-ring (bicyclic) bond motifs is 3. The summed E-state index contributed by atoms with van der Waals surface area (Å²) < 4.78 is 46.5. The third-order valence-electron chi connectivity index (χ3n) is 12.2.